The second-order valence-electron chi connectivity index (χ2n) is 10.4. The highest BCUT2D eigenvalue weighted by Crippen LogP contribution is 2.33. The smallest absolute Gasteiger partial charge is 0.229 e. The summed E-state index contributed by atoms with van der Waals surface area (Å²) < 4.78 is 11.6. The van der Waals surface area contributed by atoms with Crippen molar-refractivity contribution in [3.8, 4) is 5.75 Å². The fourth-order valence-corrected chi connectivity index (χ4v) is 5.37. The van der Waals surface area contributed by atoms with Crippen LogP contribution in [0.4, 0.5) is 11.4 Å². The van der Waals surface area contributed by atoms with Gasteiger partial charge in [0.05, 0.1) is 28.0 Å². The molecular formula is C29H39Cl2N3O4. The lowest BCUT2D eigenvalue weighted by Gasteiger charge is -2.36. The van der Waals surface area contributed by atoms with E-state index in [2.05, 4.69) is 9.80 Å². The van der Waals surface area contributed by atoms with Gasteiger partial charge >= 0.3 is 0 Å². The van der Waals surface area contributed by atoms with E-state index in [1.165, 1.54) is 0 Å². The molecule has 9 heteroatoms. The number of aliphatic hydroxyl groups excluding tert-OH is 1. The molecule has 1 atom stereocenters. The zero-order valence-corrected chi connectivity index (χ0v) is 23.9. The maximum absolute atomic E-state index is 12.6. The van der Waals surface area contributed by atoms with Crippen LogP contribution in [0.15, 0.2) is 36.4 Å². The van der Waals surface area contributed by atoms with Crippen molar-refractivity contribution in [2.24, 2.45) is 5.92 Å². The van der Waals surface area contributed by atoms with Crippen LogP contribution >= 0.6 is 23.2 Å². The molecule has 1 fully saturated rings. The molecule has 0 spiro atoms. The number of nitrogens with zero attached hydrogens (tertiary/aromatic N) is 3. The van der Waals surface area contributed by atoms with E-state index < -0.39 is 6.29 Å². The lowest BCUT2D eigenvalue weighted by Crippen LogP contribution is -2.46. The molecule has 2 heterocycles. The highest BCUT2D eigenvalue weighted by Gasteiger charge is 2.26. The van der Waals surface area contributed by atoms with Crippen LogP contribution in [0.1, 0.15) is 45.1 Å². The number of fused-ring (bicyclic) bond motifs is 1. The zero-order valence-electron chi connectivity index (χ0n) is 22.4. The summed E-state index contributed by atoms with van der Waals surface area (Å²) in [6, 6.07) is 11.7. The minimum atomic E-state index is -0.884. The molecule has 208 valence electrons. The van der Waals surface area contributed by atoms with Gasteiger partial charge in [-0.1, -0.05) is 49.2 Å². The Labute approximate surface area is 236 Å². The Kier molecular flexibility index (Phi) is 10.6. The first-order valence-corrected chi connectivity index (χ1v) is 14.3. The Hall–Kier alpha value is -2.03. The van der Waals surface area contributed by atoms with Crippen LogP contribution in [-0.4, -0.2) is 68.3 Å². The number of hydrogen-bond donors (Lipinski definition) is 1. The monoisotopic (exact) mass is 563 g/mol. The number of carbonyl (C=O) groups is 1. The van der Waals surface area contributed by atoms with E-state index >= 15 is 0 Å². The van der Waals surface area contributed by atoms with Crippen molar-refractivity contribution in [3.05, 3.63) is 52.0 Å². The molecule has 7 nitrogen and oxygen atoms in total. The van der Waals surface area contributed by atoms with Gasteiger partial charge in [-0.2, -0.15) is 0 Å². The zero-order chi connectivity index (χ0) is 27.1. The van der Waals surface area contributed by atoms with Gasteiger partial charge in [0.1, 0.15) is 12.5 Å². The second-order valence-corrected chi connectivity index (χ2v) is 11.2. The molecule has 1 unspecified atom stereocenters. The minimum Gasteiger partial charge on any atom is -0.494 e. The highest BCUT2D eigenvalue weighted by atomic mass is 35.5. The van der Waals surface area contributed by atoms with Crippen LogP contribution in [0, 0.1) is 5.92 Å². The summed E-state index contributed by atoms with van der Waals surface area (Å²) in [7, 11) is 0. The molecule has 2 aliphatic rings. The number of aryl methyl sites for hydroxylation is 1. The molecule has 2 aromatic rings. The molecule has 0 radical (unpaired) electrons. The third-order valence-electron chi connectivity index (χ3n) is 7.11. The first kappa shape index (κ1) is 29.0. The number of ether oxygens (including phenoxy) is 2. The molecule has 0 aliphatic carbocycles. The van der Waals surface area contributed by atoms with Gasteiger partial charge in [0.25, 0.3) is 0 Å². The van der Waals surface area contributed by atoms with Gasteiger partial charge in [0, 0.05) is 45.1 Å². The number of piperazine rings is 1. The molecule has 4 rings (SSSR count). The van der Waals surface area contributed by atoms with Gasteiger partial charge in [-0.15, -0.1) is 0 Å². The van der Waals surface area contributed by atoms with Crippen molar-refractivity contribution in [2.75, 3.05) is 55.9 Å². The first-order chi connectivity index (χ1) is 18.3. The van der Waals surface area contributed by atoms with Gasteiger partial charge in [0.15, 0.2) is 6.29 Å². The van der Waals surface area contributed by atoms with E-state index in [0.29, 0.717) is 41.8 Å². The number of anilines is 2. The van der Waals surface area contributed by atoms with Crippen LogP contribution in [0.25, 0.3) is 0 Å². The third-order valence-corrected chi connectivity index (χ3v) is 7.92. The average molecular weight is 565 g/mol. The maximum atomic E-state index is 12.6. The van der Waals surface area contributed by atoms with Crippen molar-refractivity contribution in [2.45, 2.75) is 52.2 Å². The third kappa shape index (κ3) is 7.76. The molecule has 2 aromatic carbocycles. The molecule has 0 bridgehead atoms. The Balaban J connectivity index is 1.20. The number of hydrogen-bond acceptors (Lipinski definition) is 6. The molecule has 0 aromatic heterocycles. The second kappa shape index (κ2) is 13.9. The summed E-state index contributed by atoms with van der Waals surface area (Å²) in [6.07, 6.45) is 2.79. The SMILES string of the molecule is CC(C)CC(O)OCN1C(=O)CCc2ccc(OCCCCN3CCN(c4cccc(Cl)c4Cl)CC3)cc21. The Morgan fingerprint density at radius 2 is 1.79 bits per heavy atom. The van der Waals surface area contributed by atoms with Gasteiger partial charge in [-0.25, -0.2) is 0 Å². The quantitative estimate of drug-likeness (QED) is 0.268. The minimum absolute atomic E-state index is 0.00382. The number of amides is 1. The number of carbonyl (C=O) groups excluding carboxylic acids is 1. The van der Waals surface area contributed by atoms with E-state index in [4.69, 9.17) is 32.7 Å². The van der Waals surface area contributed by atoms with E-state index in [0.717, 1.165) is 68.3 Å². The van der Waals surface area contributed by atoms with Crippen LogP contribution in [0.2, 0.25) is 10.0 Å². The van der Waals surface area contributed by atoms with Gasteiger partial charge in [-0.3, -0.25) is 14.6 Å². The Bertz CT molecular complexity index is 1080. The van der Waals surface area contributed by atoms with E-state index in [1.54, 1.807) is 4.90 Å². The van der Waals surface area contributed by atoms with Crippen LogP contribution < -0.4 is 14.5 Å². The van der Waals surface area contributed by atoms with Crippen molar-refractivity contribution < 1.29 is 19.4 Å². The predicted octanol–water partition coefficient (Wildman–Crippen LogP) is 5.59. The van der Waals surface area contributed by atoms with Crippen molar-refractivity contribution in [1.29, 1.82) is 0 Å². The van der Waals surface area contributed by atoms with Gasteiger partial charge in [-0.05, 0) is 55.5 Å². The predicted molar refractivity (Wildman–Crippen MR) is 154 cm³/mol. The maximum Gasteiger partial charge on any atom is 0.229 e. The number of rotatable bonds is 12. The summed E-state index contributed by atoms with van der Waals surface area (Å²) in [5.41, 5.74) is 2.92. The normalized spacial score (nSPS) is 17.2. The van der Waals surface area contributed by atoms with Gasteiger partial charge < -0.3 is 19.5 Å². The standard InChI is InChI=1S/C29H39Cl2N3O4/c1-21(2)18-28(36)38-20-34-26-19-23(10-8-22(26)9-11-27(34)35)37-17-4-3-12-32-13-15-33(16-14-32)25-7-5-6-24(30)29(25)31/h5-8,10,19,21,28,36H,3-4,9,11-18,20H2,1-2H3. The van der Waals surface area contributed by atoms with E-state index in [9.17, 15) is 9.90 Å². The lowest BCUT2D eigenvalue weighted by atomic mass is 10.0. The highest BCUT2D eigenvalue weighted by molar-refractivity contribution is 6.43. The number of unbranched alkanes of at least 4 members (excludes halogenated alkanes) is 1. The fraction of sp³-hybridized carbons (Fsp3) is 0.552. The van der Waals surface area contributed by atoms with E-state index in [1.807, 2.05) is 50.2 Å². The molecule has 1 saturated heterocycles. The van der Waals surface area contributed by atoms with Crippen molar-refractivity contribution >= 4 is 40.5 Å². The molecule has 1 N–H and O–H groups in total. The molecule has 38 heavy (non-hydrogen) atoms. The Morgan fingerprint density at radius 1 is 1.00 bits per heavy atom. The van der Waals surface area contributed by atoms with E-state index in [-0.39, 0.29) is 12.6 Å². The topological polar surface area (TPSA) is 65.5 Å². The fourth-order valence-electron chi connectivity index (χ4n) is 4.96. The van der Waals surface area contributed by atoms with Crippen molar-refractivity contribution in [1.82, 2.24) is 4.90 Å². The number of halogens is 2. The van der Waals surface area contributed by atoms with Crippen LogP contribution in [-0.2, 0) is 16.0 Å². The van der Waals surface area contributed by atoms with Crippen LogP contribution in [0.5, 0.6) is 5.75 Å². The molecular weight excluding hydrogens is 525 g/mol. The first-order valence-electron chi connectivity index (χ1n) is 13.6. The largest absolute Gasteiger partial charge is 0.494 e. The molecule has 1 amide bonds. The summed E-state index contributed by atoms with van der Waals surface area (Å²) in [5, 5.41) is 11.3. The molecule has 0 saturated carbocycles. The van der Waals surface area contributed by atoms with Crippen LogP contribution in [0.3, 0.4) is 0 Å². The van der Waals surface area contributed by atoms with Crippen molar-refractivity contribution in [3.63, 3.8) is 0 Å². The number of benzene rings is 2. The average Bonchev–Trinajstić information content (AvgIpc) is 2.89. The molecule has 2 aliphatic heterocycles. The number of aliphatic hydroxyl groups is 1. The lowest BCUT2D eigenvalue weighted by molar-refractivity contribution is -0.128. The van der Waals surface area contributed by atoms with Gasteiger partial charge in [0.2, 0.25) is 5.91 Å². The summed E-state index contributed by atoms with van der Waals surface area (Å²) in [6.45, 7) is 9.58. The summed E-state index contributed by atoms with van der Waals surface area (Å²) >= 11 is 12.6. The Morgan fingerprint density at radius 3 is 2.55 bits per heavy atom. The summed E-state index contributed by atoms with van der Waals surface area (Å²) in [4.78, 5) is 19.0. The summed E-state index contributed by atoms with van der Waals surface area (Å²) in [5.74, 6) is 1.06.